The highest BCUT2D eigenvalue weighted by Gasteiger charge is 2.04. The molecule has 0 aliphatic rings. The van der Waals surface area contributed by atoms with Crippen LogP contribution in [0.1, 0.15) is 18.9 Å². The van der Waals surface area contributed by atoms with Crippen LogP contribution in [0.3, 0.4) is 0 Å². The van der Waals surface area contributed by atoms with Crippen molar-refractivity contribution in [1.82, 2.24) is 4.98 Å². The van der Waals surface area contributed by atoms with Crippen LogP contribution in [0.15, 0.2) is 29.6 Å². The summed E-state index contributed by atoms with van der Waals surface area (Å²) in [6.45, 7) is 4.04. The molecule has 0 saturated heterocycles. The summed E-state index contributed by atoms with van der Waals surface area (Å²) in [4.78, 5) is 4.49. The second-order valence-electron chi connectivity index (χ2n) is 3.98. The van der Waals surface area contributed by atoms with Gasteiger partial charge in [0.1, 0.15) is 10.8 Å². The Kier molecular flexibility index (Phi) is 4.07. The Morgan fingerprint density at radius 1 is 1.29 bits per heavy atom. The molecule has 1 aromatic carbocycles. The molecule has 1 heterocycles. The monoisotopic (exact) mass is 265 g/mol. The highest BCUT2D eigenvalue weighted by molar-refractivity contribution is 7.79. The molecule has 0 atom stereocenters. The lowest BCUT2D eigenvalue weighted by molar-refractivity contribution is 0.242. The summed E-state index contributed by atoms with van der Waals surface area (Å²) in [6, 6.07) is 8.04. The molecule has 90 valence electrons. The number of thiol groups is 1. The largest absolute Gasteiger partial charge is 0.491 e. The van der Waals surface area contributed by atoms with Gasteiger partial charge >= 0.3 is 0 Å². The van der Waals surface area contributed by atoms with E-state index in [4.69, 9.17) is 4.74 Å². The Bertz CT molecular complexity index is 476. The van der Waals surface area contributed by atoms with Crippen molar-refractivity contribution in [2.45, 2.75) is 25.7 Å². The Balaban J connectivity index is 2.17. The second kappa shape index (κ2) is 5.56. The van der Waals surface area contributed by atoms with Crippen molar-refractivity contribution in [2.75, 3.05) is 0 Å². The Morgan fingerprint density at radius 2 is 2.00 bits per heavy atom. The average molecular weight is 265 g/mol. The summed E-state index contributed by atoms with van der Waals surface area (Å²) >= 11 is 5.86. The Morgan fingerprint density at radius 3 is 2.53 bits per heavy atom. The fourth-order valence-electron chi connectivity index (χ4n) is 1.49. The van der Waals surface area contributed by atoms with E-state index in [1.165, 1.54) is 0 Å². The van der Waals surface area contributed by atoms with E-state index in [9.17, 15) is 0 Å². The molecule has 0 spiro atoms. The van der Waals surface area contributed by atoms with Gasteiger partial charge < -0.3 is 4.74 Å². The van der Waals surface area contributed by atoms with Gasteiger partial charge in [0.15, 0.2) is 0 Å². The van der Waals surface area contributed by atoms with Crippen LogP contribution >= 0.6 is 24.0 Å². The number of hydrogen-bond acceptors (Lipinski definition) is 4. The zero-order chi connectivity index (χ0) is 12.3. The van der Waals surface area contributed by atoms with E-state index in [1.54, 1.807) is 11.3 Å². The van der Waals surface area contributed by atoms with Gasteiger partial charge in [-0.1, -0.05) is 0 Å². The first kappa shape index (κ1) is 12.5. The topological polar surface area (TPSA) is 22.1 Å². The van der Waals surface area contributed by atoms with Gasteiger partial charge in [-0.25, -0.2) is 4.98 Å². The van der Waals surface area contributed by atoms with E-state index in [2.05, 4.69) is 23.0 Å². The Hall–Kier alpha value is -1.00. The van der Waals surface area contributed by atoms with E-state index < -0.39 is 0 Å². The molecule has 4 heteroatoms. The van der Waals surface area contributed by atoms with E-state index in [0.717, 1.165) is 22.0 Å². The molecule has 0 amide bonds. The van der Waals surface area contributed by atoms with Crippen LogP contribution in [-0.4, -0.2) is 11.1 Å². The SMILES string of the molecule is CC(C)Oc1ccc(-c2csc(CS)n2)cc1. The van der Waals surface area contributed by atoms with Gasteiger partial charge in [0.25, 0.3) is 0 Å². The maximum absolute atomic E-state index is 5.60. The van der Waals surface area contributed by atoms with Crippen molar-refractivity contribution in [2.24, 2.45) is 0 Å². The van der Waals surface area contributed by atoms with Crippen LogP contribution in [0.2, 0.25) is 0 Å². The molecular formula is C13H15NOS2. The van der Waals surface area contributed by atoms with Crippen LogP contribution in [0.25, 0.3) is 11.3 Å². The predicted octanol–water partition coefficient (Wildman–Crippen LogP) is 4.03. The summed E-state index contributed by atoms with van der Waals surface area (Å²) in [5.41, 5.74) is 2.13. The summed E-state index contributed by atoms with van der Waals surface area (Å²) in [7, 11) is 0. The third-order valence-corrected chi connectivity index (χ3v) is 3.57. The van der Waals surface area contributed by atoms with Gasteiger partial charge in [0.2, 0.25) is 0 Å². The molecule has 0 bridgehead atoms. The number of ether oxygens (including phenoxy) is 1. The first-order chi connectivity index (χ1) is 8.19. The summed E-state index contributed by atoms with van der Waals surface area (Å²) in [6.07, 6.45) is 0.205. The molecule has 0 N–H and O–H groups in total. The molecule has 2 aromatic rings. The van der Waals surface area contributed by atoms with E-state index in [0.29, 0.717) is 5.75 Å². The van der Waals surface area contributed by atoms with Crippen molar-refractivity contribution < 1.29 is 4.74 Å². The molecule has 0 saturated carbocycles. The van der Waals surface area contributed by atoms with Gasteiger partial charge in [-0.3, -0.25) is 0 Å². The first-order valence-corrected chi connectivity index (χ1v) is 7.02. The first-order valence-electron chi connectivity index (χ1n) is 5.51. The van der Waals surface area contributed by atoms with E-state index >= 15 is 0 Å². The van der Waals surface area contributed by atoms with Crippen LogP contribution in [0, 0.1) is 0 Å². The lowest BCUT2D eigenvalue weighted by Gasteiger charge is -2.09. The standard InChI is InChI=1S/C13H15NOS2/c1-9(2)15-11-5-3-10(4-6-11)12-8-17-13(7-16)14-12/h3-6,8-9,16H,7H2,1-2H3. The highest BCUT2D eigenvalue weighted by atomic mass is 32.1. The number of thiazole rings is 1. The molecule has 1 aromatic heterocycles. The molecule has 0 radical (unpaired) electrons. The minimum absolute atomic E-state index is 0.205. The number of benzene rings is 1. The molecular weight excluding hydrogens is 250 g/mol. The van der Waals surface area contributed by atoms with Crippen LogP contribution < -0.4 is 4.74 Å². The molecule has 17 heavy (non-hydrogen) atoms. The number of aromatic nitrogens is 1. The maximum Gasteiger partial charge on any atom is 0.119 e. The second-order valence-corrected chi connectivity index (χ2v) is 5.23. The molecule has 0 aliphatic heterocycles. The molecule has 2 nitrogen and oxygen atoms in total. The van der Waals surface area contributed by atoms with Crippen molar-refractivity contribution in [3.05, 3.63) is 34.7 Å². The fourth-order valence-corrected chi connectivity index (χ4v) is 2.45. The highest BCUT2D eigenvalue weighted by Crippen LogP contribution is 2.25. The van der Waals surface area contributed by atoms with Crippen LogP contribution in [0.4, 0.5) is 0 Å². The molecule has 0 aliphatic carbocycles. The zero-order valence-corrected chi connectivity index (χ0v) is 11.6. The summed E-state index contributed by atoms with van der Waals surface area (Å²) < 4.78 is 5.60. The average Bonchev–Trinajstić information content (AvgIpc) is 2.78. The minimum atomic E-state index is 0.205. The number of rotatable bonds is 4. The number of hydrogen-bond donors (Lipinski definition) is 1. The van der Waals surface area contributed by atoms with Crippen molar-refractivity contribution in [1.29, 1.82) is 0 Å². The lowest BCUT2D eigenvalue weighted by Crippen LogP contribution is -2.05. The van der Waals surface area contributed by atoms with Crippen LogP contribution in [-0.2, 0) is 5.75 Å². The normalized spacial score (nSPS) is 10.8. The summed E-state index contributed by atoms with van der Waals surface area (Å²) in [5, 5.41) is 3.11. The van der Waals surface area contributed by atoms with Crippen molar-refractivity contribution >= 4 is 24.0 Å². The minimum Gasteiger partial charge on any atom is -0.491 e. The van der Waals surface area contributed by atoms with Gasteiger partial charge in [-0.15, -0.1) is 11.3 Å². The van der Waals surface area contributed by atoms with Crippen molar-refractivity contribution in [3.63, 3.8) is 0 Å². The van der Waals surface area contributed by atoms with E-state index in [-0.39, 0.29) is 6.10 Å². The maximum atomic E-state index is 5.60. The van der Waals surface area contributed by atoms with Gasteiger partial charge in [-0.05, 0) is 38.1 Å². The van der Waals surface area contributed by atoms with E-state index in [1.807, 2.05) is 38.1 Å². The quantitative estimate of drug-likeness (QED) is 0.843. The Labute approximate surface area is 111 Å². The molecule has 2 rings (SSSR count). The predicted molar refractivity (Wildman–Crippen MR) is 76.0 cm³/mol. The van der Waals surface area contributed by atoms with Crippen molar-refractivity contribution in [3.8, 4) is 17.0 Å². The van der Waals surface area contributed by atoms with Gasteiger partial charge in [-0.2, -0.15) is 12.6 Å². The molecule has 0 fully saturated rings. The molecule has 0 unspecified atom stereocenters. The third-order valence-electron chi connectivity index (χ3n) is 2.21. The zero-order valence-electron chi connectivity index (χ0n) is 9.88. The number of nitrogens with zero attached hydrogens (tertiary/aromatic N) is 1. The van der Waals surface area contributed by atoms with Crippen LogP contribution in [0.5, 0.6) is 5.75 Å². The third kappa shape index (κ3) is 3.23. The summed E-state index contributed by atoms with van der Waals surface area (Å²) in [5.74, 6) is 1.59. The van der Waals surface area contributed by atoms with Gasteiger partial charge in [0, 0.05) is 16.7 Å². The lowest BCUT2D eigenvalue weighted by atomic mass is 10.2. The van der Waals surface area contributed by atoms with Gasteiger partial charge in [0.05, 0.1) is 11.8 Å². The smallest absolute Gasteiger partial charge is 0.119 e. The fraction of sp³-hybridized carbons (Fsp3) is 0.308.